The van der Waals surface area contributed by atoms with E-state index in [4.69, 9.17) is 17.4 Å². The van der Waals surface area contributed by atoms with E-state index in [1.54, 1.807) is 6.20 Å². The summed E-state index contributed by atoms with van der Waals surface area (Å²) in [4.78, 5) is 17.0. The number of thiol groups is 1. The van der Waals surface area contributed by atoms with E-state index in [-0.39, 0.29) is 0 Å². The molecule has 0 saturated carbocycles. The van der Waals surface area contributed by atoms with Gasteiger partial charge in [-0.2, -0.15) is 0 Å². The Bertz CT molecular complexity index is 1040. The first-order valence-corrected chi connectivity index (χ1v) is 8.73. The van der Waals surface area contributed by atoms with Crippen molar-refractivity contribution in [3.8, 4) is 17.1 Å². The van der Waals surface area contributed by atoms with Crippen LogP contribution in [0.4, 0.5) is 0 Å². The molecule has 0 unspecified atom stereocenters. The second-order valence-electron chi connectivity index (χ2n) is 5.78. The van der Waals surface area contributed by atoms with Crippen LogP contribution >= 0.6 is 12.6 Å². The molecular formula is C19H18N4OS. The third kappa shape index (κ3) is 2.72. The summed E-state index contributed by atoms with van der Waals surface area (Å²) in [5.41, 5.74) is 3.54. The molecule has 2 heterocycles. The fraction of sp³-hybridized carbons (Fsp3) is 0.211. The van der Waals surface area contributed by atoms with Crippen molar-refractivity contribution in [3.05, 3.63) is 42.4 Å². The van der Waals surface area contributed by atoms with Gasteiger partial charge in [0.15, 0.2) is 5.65 Å². The van der Waals surface area contributed by atoms with Crippen molar-refractivity contribution in [1.29, 1.82) is 0 Å². The van der Waals surface area contributed by atoms with E-state index in [0.717, 1.165) is 38.9 Å². The second-order valence-corrected chi connectivity index (χ2v) is 6.23. The molecule has 0 aliphatic rings. The number of imidazole rings is 1. The Morgan fingerprint density at radius 3 is 2.84 bits per heavy atom. The van der Waals surface area contributed by atoms with Gasteiger partial charge in [0.2, 0.25) is 0 Å². The zero-order chi connectivity index (χ0) is 17.4. The van der Waals surface area contributed by atoms with Gasteiger partial charge in [0.05, 0.1) is 18.4 Å². The van der Waals surface area contributed by atoms with Crippen molar-refractivity contribution in [2.75, 3.05) is 6.61 Å². The van der Waals surface area contributed by atoms with Gasteiger partial charge < -0.3 is 9.72 Å². The molecule has 4 rings (SSSR count). The summed E-state index contributed by atoms with van der Waals surface area (Å²) >= 11 is 4.83. The van der Waals surface area contributed by atoms with Crippen LogP contribution in [-0.2, 0) is 6.42 Å². The minimum Gasteiger partial charge on any atom is -0.493 e. The monoisotopic (exact) mass is 350 g/mol. The molecule has 2 aromatic carbocycles. The van der Waals surface area contributed by atoms with Crippen molar-refractivity contribution >= 4 is 34.6 Å². The van der Waals surface area contributed by atoms with Crippen molar-refractivity contribution < 1.29 is 4.74 Å². The first kappa shape index (κ1) is 15.9. The highest BCUT2D eigenvalue weighted by Gasteiger charge is 2.18. The number of nitrogens with one attached hydrogen (secondary N) is 1. The number of hydrogen-bond acceptors (Lipinski definition) is 5. The minimum absolute atomic E-state index is 0.568. The van der Waals surface area contributed by atoms with E-state index < -0.39 is 0 Å². The normalized spacial score (nSPS) is 11.3. The highest BCUT2D eigenvalue weighted by Crippen LogP contribution is 2.40. The number of aryl methyl sites for hydroxylation is 1. The van der Waals surface area contributed by atoms with E-state index >= 15 is 0 Å². The maximum atomic E-state index is 5.89. The van der Waals surface area contributed by atoms with Crippen LogP contribution in [0.1, 0.15) is 19.4 Å². The second kappa shape index (κ2) is 6.37. The van der Waals surface area contributed by atoms with Crippen molar-refractivity contribution in [1.82, 2.24) is 19.9 Å². The number of hydrogen-bond donors (Lipinski definition) is 2. The maximum Gasteiger partial charge on any atom is 0.161 e. The molecule has 0 amide bonds. The number of rotatable bonds is 4. The molecule has 0 aliphatic carbocycles. The van der Waals surface area contributed by atoms with Crippen LogP contribution in [0.15, 0.2) is 41.7 Å². The van der Waals surface area contributed by atoms with Gasteiger partial charge in [-0.3, -0.25) is 0 Å². The molecule has 0 radical (unpaired) electrons. The number of fused-ring (bicyclic) bond motifs is 2. The van der Waals surface area contributed by atoms with E-state index in [0.29, 0.717) is 18.1 Å². The Morgan fingerprint density at radius 1 is 1.20 bits per heavy atom. The standard InChI is InChI=1S/C19H18N4OS/c1-3-11-5-6-12-8-15(24-4-2)16(17(25)13(12)7-11)19-22-14-9-20-10-21-18(14)23-19/h5-10,25H,3-4H2,1-2H3,(H,20,21,22,23). The SMILES string of the molecule is CCOc1cc2ccc(CC)cc2c(S)c1-c1nc2cncnc2[nH]1. The van der Waals surface area contributed by atoms with Crippen LogP contribution in [0.5, 0.6) is 5.75 Å². The summed E-state index contributed by atoms with van der Waals surface area (Å²) in [6.45, 7) is 4.68. The quantitative estimate of drug-likeness (QED) is 0.535. The molecule has 2 aromatic heterocycles. The molecule has 4 aromatic rings. The maximum absolute atomic E-state index is 5.89. The number of H-pyrrole nitrogens is 1. The van der Waals surface area contributed by atoms with Gasteiger partial charge in [-0.25, -0.2) is 15.0 Å². The Balaban J connectivity index is 2.02. The number of benzene rings is 2. The molecule has 126 valence electrons. The Morgan fingerprint density at radius 2 is 2.08 bits per heavy atom. The van der Waals surface area contributed by atoms with E-state index in [1.165, 1.54) is 11.9 Å². The van der Waals surface area contributed by atoms with Crippen LogP contribution in [0, 0.1) is 0 Å². The predicted molar refractivity (Wildman–Crippen MR) is 102 cm³/mol. The van der Waals surface area contributed by atoms with Crippen molar-refractivity contribution in [3.63, 3.8) is 0 Å². The number of aromatic amines is 1. The molecule has 0 spiro atoms. The fourth-order valence-electron chi connectivity index (χ4n) is 3.00. The summed E-state index contributed by atoms with van der Waals surface area (Å²) in [6.07, 6.45) is 4.17. The van der Waals surface area contributed by atoms with Crippen LogP contribution in [0.25, 0.3) is 33.3 Å². The summed E-state index contributed by atoms with van der Waals surface area (Å²) in [5, 5.41) is 2.19. The molecule has 1 N–H and O–H groups in total. The van der Waals surface area contributed by atoms with Gasteiger partial charge in [0, 0.05) is 4.90 Å². The van der Waals surface area contributed by atoms with Gasteiger partial charge in [-0.15, -0.1) is 12.6 Å². The molecule has 6 heteroatoms. The highest BCUT2D eigenvalue weighted by molar-refractivity contribution is 7.80. The lowest BCUT2D eigenvalue weighted by Crippen LogP contribution is -1.97. The first-order valence-electron chi connectivity index (χ1n) is 8.28. The van der Waals surface area contributed by atoms with E-state index in [9.17, 15) is 0 Å². The topological polar surface area (TPSA) is 63.7 Å². The van der Waals surface area contributed by atoms with Crippen LogP contribution in [0.2, 0.25) is 0 Å². The third-order valence-corrected chi connectivity index (χ3v) is 4.71. The predicted octanol–water partition coefficient (Wildman–Crippen LogP) is 4.42. The molecule has 5 nitrogen and oxygen atoms in total. The lowest BCUT2D eigenvalue weighted by molar-refractivity contribution is 0.341. The molecule has 0 atom stereocenters. The minimum atomic E-state index is 0.568. The fourth-order valence-corrected chi connectivity index (χ4v) is 3.41. The van der Waals surface area contributed by atoms with Crippen LogP contribution in [-0.4, -0.2) is 26.5 Å². The zero-order valence-electron chi connectivity index (χ0n) is 14.1. The number of nitrogens with zero attached hydrogens (tertiary/aromatic N) is 3. The summed E-state index contributed by atoms with van der Waals surface area (Å²) < 4.78 is 5.89. The van der Waals surface area contributed by atoms with Gasteiger partial charge in [0.25, 0.3) is 0 Å². The van der Waals surface area contributed by atoms with Gasteiger partial charge >= 0.3 is 0 Å². The Hall–Kier alpha value is -2.60. The average molecular weight is 350 g/mol. The lowest BCUT2D eigenvalue weighted by atomic mass is 10.0. The average Bonchev–Trinajstić information content (AvgIpc) is 3.05. The van der Waals surface area contributed by atoms with Crippen molar-refractivity contribution in [2.24, 2.45) is 0 Å². The molecule has 25 heavy (non-hydrogen) atoms. The van der Waals surface area contributed by atoms with Gasteiger partial charge in [-0.05, 0) is 35.7 Å². The number of ether oxygens (including phenoxy) is 1. The molecular weight excluding hydrogens is 332 g/mol. The smallest absolute Gasteiger partial charge is 0.161 e. The Kier molecular flexibility index (Phi) is 4.05. The lowest BCUT2D eigenvalue weighted by Gasteiger charge is -2.14. The molecule has 0 fully saturated rings. The van der Waals surface area contributed by atoms with Crippen molar-refractivity contribution in [2.45, 2.75) is 25.2 Å². The molecule has 0 bridgehead atoms. The van der Waals surface area contributed by atoms with E-state index in [2.05, 4.69) is 45.1 Å². The van der Waals surface area contributed by atoms with Crippen LogP contribution in [0.3, 0.4) is 0 Å². The van der Waals surface area contributed by atoms with Crippen LogP contribution < -0.4 is 4.74 Å². The van der Waals surface area contributed by atoms with Gasteiger partial charge in [0.1, 0.15) is 23.4 Å². The molecule has 0 aliphatic heterocycles. The molecule has 0 saturated heterocycles. The Labute approximate surface area is 150 Å². The summed E-state index contributed by atoms with van der Waals surface area (Å²) in [5.74, 6) is 1.45. The third-order valence-electron chi connectivity index (χ3n) is 4.25. The summed E-state index contributed by atoms with van der Waals surface area (Å²) in [7, 11) is 0. The highest BCUT2D eigenvalue weighted by atomic mass is 32.1. The summed E-state index contributed by atoms with van der Waals surface area (Å²) in [6, 6.07) is 8.48. The van der Waals surface area contributed by atoms with Gasteiger partial charge in [-0.1, -0.05) is 25.1 Å². The zero-order valence-corrected chi connectivity index (χ0v) is 15.0. The number of aromatic nitrogens is 4. The first-order chi connectivity index (χ1) is 12.2. The van der Waals surface area contributed by atoms with E-state index in [1.807, 2.05) is 13.0 Å². The largest absolute Gasteiger partial charge is 0.493 e.